The topological polar surface area (TPSA) is 80.1 Å². The second-order valence-electron chi connectivity index (χ2n) is 6.56. The molecule has 1 N–H and O–H groups in total. The molecule has 26 heavy (non-hydrogen) atoms. The van der Waals surface area contributed by atoms with Gasteiger partial charge in [-0.15, -0.1) is 11.3 Å². The summed E-state index contributed by atoms with van der Waals surface area (Å²) in [6, 6.07) is 7.89. The first-order chi connectivity index (χ1) is 12.5. The van der Waals surface area contributed by atoms with E-state index in [0.29, 0.717) is 23.3 Å². The number of benzene rings is 1. The van der Waals surface area contributed by atoms with Crippen LogP contribution in [0.2, 0.25) is 0 Å². The van der Waals surface area contributed by atoms with Gasteiger partial charge in [0, 0.05) is 24.4 Å². The number of para-hydroxylation sites is 2. The van der Waals surface area contributed by atoms with Crippen molar-refractivity contribution in [3.8, 4) is 0 Å². The lowest BCUT2D eigenvalue weighted by Gasteiger charge is -2.12. The van der Waals surface area contributed by atoms with E-state index in [1.165, 1.54) is 11.3 Å². The highest BCUT2D eigenvalue weighted by molar-refractivity contribution is 7.13. The van der Waals surface area contributed by atoms with E-state index in [1.807, 2.05) is 43.5 Å². The van der Waals surface area contributed by atoms with Crippen molar-refractivity contribution in [2.75, 3.05) is 16.8 Å². The van der Waals surface area contributed by atoms with Gasteiger partial charge in [-0.05, 0) is 12.1 Å². The Morgan fingerprint density at radius 2 is 2.04 bits per heavy atom. The van der Waals surface area contributed by atoms with Gasteiger partial charge in [0.05, 0.1) is 23.1 Å². The molecule has 0 fully saturated rings. The fraction of sp³-hybridized carbons (Fsp3) is 0.333. The summed E-state index contributed by atoms with van der Waals surface area (Å²) >= 11 is 1.33. The monoisotopic (exact) mass is 369 g/mol. The van der Waals surface area contributed by atoms with Crippen LogP contribution in [0.1, 0.15) is 19.5 Å². The second-order valence-corrected chi connectivity index (χ2v) is 7.42. The molecule has 2 aromatic heterocycles. The van der Waals surface area contributed by atoms with Gasteiger partial charge in [0.15, 0.2) is 5.13 Å². The maximum atomic E-state index is 12.7. The van der Waals surface area contributed by atoms with Gasteiger partial charge >= 0.3 is 0 Å². The van der Waals surface area contributed by atoms with Gasteiger partial charge in [-0.1, -0.05) is 26.0 Å². The molecule has 8 heteroatoms. The van der Waals surface area contributed by atoms with Crippen LogP contribution in [-0.2, 0) is 22.6 Å². The van der Waals surface area contributed by atoms with E-state index in [1.54, 1.807) is 4.90 Å². The Labute approximate surface area is 154 Å². The third kappa shape index (κ3) is 2.96. The molecule has 0 saturated heterocycles. The highest BCUT2D eigenvalue weighted by Crippen LogP contribution is 2.28. The van der Waals surface area contributed by atoms with Crippen LogP contribution in [0.3, 0.4) is 0 Å². The zero-order chi connectivity index (χ0) is 18.3. The van der Waals surface area contributed by atoms with Crippen LogP contribution in [0.5, 0.6) is 0 Å². The van der Waals surface area contributed by atoms with Gasteiger partial charge in [-0.25, -0.2) is 9.97 Å². The number of nitrogens with one attached hydrogen (secondary N) is 1. The Balaban J connectivity index is 1.49. The zero-order valence-corrected chi connectivity index (χ0v) is 15.4. The van der Waals surface area contributed by atoms with Gasteiger partial charge in [-0.2, -0.15) is 0 Å². The predicted octanol–water partition coefficient (Wildman–Crippen LogP) is 2.68. The summed E-state index contributed by atoms with van der Waals surface area (Å²) in [5, 5.41) is 5.11. The van der Waals surface area contributed by atoms with E-state index >= 15 is 0 Å². The molecule has 1 aromatic carbocycles. The summed E-state index contributed by atoms with van der Waals surface area (Å²) in [5.41, 5.74) is 2.60. The van der Waals surface area contributed by atoms with Gasteiger partial charge in [0.2, 0.25) is 17.8 Å². The summed E-state index contributed by atoms with van der Waals surface area (Å²) in [7, 11) is 0. The largest absolute Gasteiger partial charge is 0.308 e. The number of aromatic nitrogens is 3. The molecule has 3 aromatic rings. The lowest BCUT2D eigenvalue weighted by Crippen LogP contribution is -2.31. The molecule has 0 aliphatic carbocycles. The number of nitrogens with zero attached hydrogens (tertiary/aromatic N) is 4. The minimum atomic E-state index is -0.110. The lowest BCUT2D eigenvalue weighted by atomic mass is 10.2. The molecule has 1 aliphatic heterocycles. The maximum Gasteiger partial charge on any atom is 0.235 e. The molecule has 0 saturated carbocycles. The van der Waals surface area contributed by atoms with E-state index in [2.05, 4.69) is 19.9 Å². The Morgan fingerprint density at radius 3 is 2.85 bits per heavy atom. The number of imidazole rings is 1. The van der Waals surface area contributed by atoms with E-state index in [0.717, 1.165) is 17.6 Å². The molecule has 0 unspecified atom stereocenters. The van der Waals surface area contributed by atoms with E-state index in [-0.39, 0.29) is 24.2 Å². The summed E-state index contributed by atoms with van der Waals surface area (Å²) < 4.78 is 2.07. The van der Waals surface area contributed by atoms with Gasteiger partial charge in [-0.3, -0.25) is 14.5 Å². The first kappa shape index (κ1) is 16.7. The van der Waals surface area contributed by atoms with Crippen LogP contribution >= 0.6 is 11.3 Å². The molecule has 1 aliphatic rings. The molecule has 7 nitrogen and oxygen atoms in total. The van der Waals surface area contributed by atoms with E-state index < -0.39 is 0 Å². The van der Waals surface area contributed by atoms with Crippen LogP contribution in [0.25, 0.3) is 11.0 Å². The van der Waals surface area contributed by atoms with Crippen molar-refractivity contribution in [3.05, 3.63) is 35.3 Å². The molecule has 4 rings (SSSR count). The molecule has 134 valence electrons. The maximum absolute atomic E-state index is 12.7. The smallest absolute Gasteiger partial charge is 0.235 e. The number of rotatable bonds is 4. The number of carbonyl (C=O) groups excluding carboxylic acids is 2. The Kier molecular flexibility index (Phi) is 4.20. The number of amides is 2. The molecular formula is C18H19N5O2S. The van der Waals surface area contributed by atoms with E-state index in [4.69, 9.17) is 0 Å². The average Bonchev–Trinajstić information content (AvgIpc) is 3.29. The molecule has 0 atom stereocenters. The van der Waals surface area contributed by atoms with Crippen molar-refractivity contribution in [1.29, 1.82) is 0 Å². The third-order valence-electron chi connectivity index (χ3n) is 4.36. The van der Waals surface area contributed by atoms with Crippen molar-refractivity contribution in [2.45, 2.75) is 26.8 Å². The Hall–Kier alpha value is -2.74. The van der Waals surface area contributed by atoms with Crippen molar-refractivity contribution < 1.29 is 9.59 Å². The minimum Gasteiger partial charge on any atom is -0.308 e. The zero-order valence-electron chi connectivity index (χ0n) is 14.6. The summed E-state index contributed by atoms with van der Waals surface area (Å²) in [5.74, 6) is 0.470. The normalized spacial score (nSPS) is 13.4. The molecule has 2 amide bonds. The summed E-state index contributed by atoms with van der Waals surface area (Å²) in [6.07, 6.45) is 0.192. The number of thiazole rings is 1. The highest BCUT2D eigenvalue weighted by atomic mass is 32.1. The van der Waals surface area contributed by atoms with Crippen LogP contribution in [0.4, 0.5) is 11.1 Å². The van der Waals surface area contributed by atoms with Crippen molar-refractivity contribution in [2.24, 2.45) is 5.92 Å². The molecule has 0 bridgehead atoms. The number of hydrogen-bond donors (Lipinski definition) is 1. The first-order valence-corrected chi connectivity index (χ1v) is 9.42. The second kappa shape index (κ2) is 6.53. The van der Waals surface area contributed by atoms with Gasteiger partial charge < -0.3 is 9.88 Å². The fourth-order valence-electron chi connectivity index (χ4n) is 2.97. The van der Waals surface area contributed by atoms with Gasteiger partial charge in [0.25, 0.3) is 0 Å². The summed E-state index contributed by atoms with van der Waals surface area (Å²) in [6.45, 7) is 5.01. The van der Waals surface area contributed by atoms with Crippen molar-refractivity contribution >= 4 is 45.3 Å². The molecule has 3 heterocycles. The average molecular weight is 369 g/mol. The SMILES string of the molecule is CC(C)C(=O)Nc1nc(CC(=O)N2CCn3c2nc2ccccc23)cs1. The Morgan fingerprint density at radius 1 is 1.23 bits per heavy atom. The standard InChI is InChI=1S/C18H19N5O2S/c1-11(2)16(25)21-17-19-12(10-26-17)9-15(24)23-8-7-22-14-6-4-3-5-13(14)20-18(22)23/h3-6,10-11H,7-9H2,1-2H3,(H,19,21,25). The van der Waals surface area contributed by atoms with Crippen molar-refractivity contribution in [1.82, 2.24) is 14.5 Å². The highest BCUT2D eigenvalue weighted by Gasteiger charge is 2.28. The van der Waals surface area contributed by atoms with Crippen LogP contribution < -0.4 is 10.2 Å². The number of anilines is 2. The van der Waals surface area contributed by atoms with Gasteiger partial charge in [0.1, 0.15) is 0 Å². The number of hydrogen-bond acceptors (Lipinski definition) is 5. The van der Waals surface area contributed by atoms with E-state index in [9.17, 15) is 9.59 Å². The summed E-state index contributed by atoms with van der Waals surface area (Å²) in [4.78, 5) is 35.2. The molecule has 0 spiro atoms. The molecule has 0 radical (unpaired) electrons. The van der Waals surface area contributed by atoms with Crippen LogP contribution in [0.15, 0.2) is 29.6 Å². The number of fused-ring (bicyclic) bond motifs is 3. The fourth-order valence-corrected chi connectivity index (χ4v) is 3.68. The first-order valence-electron chi connectivity index (χ1n) is 8.54. The minimum absolute atomic E-state index is 0.0360. The third-order valence-corrected chi connectivity index (χ3v) is 5.17. The Bertz CT molecular complexity index is 991. The quantitative estimate of drug-likeness (QED) is 0.767. The molecular weight excluding hydrogens is 350 g/mol. The van der Waals surface area contributed by atoms with Crippen LogP contribution in [-0.4, -0.2) is 32.9 Å². The van der Waals surface area contributed by atoms with Crippen LogP contribution in [0, 0.1) is 5.92 Å². The lowest BCUT2D eigenvalue weighted by molar-refractivity contribution is -0.119. The predicted molar refractivity (Wildman–Crippen MR) is 101 cm³/mol. The van der Waals surface area contributed by atoms with Crippen molar-refractivity contribution in [3.63, 3.8) is 0 Å². The number of carbonyl (C=O) groups is 2.